The minimum absolute atomic E-state index is 0.0922. The number of aromatic nitrogens is 2. The fourth-order valence-electron chi connectivity index (χ4n) is 4.55. The van der Waals surface area contributed by atoms with E-state index in [-0.39, 0.29) is 11.5 Å². The van der Waals surface area contributed by atoms with Gasteiger partial charge in [-0.2, -0.15) is 9.97 Å². The van der Waals surface area contributed by atoms with Gasteiger partial charge in [0.2, 0.25) is 11.8 Å². The van der Waals surface area contributed by atoms with Crippen LogP contribution in [0.5, 0.6) is 0 Å². The SMILES string of the molecule is COC1=C(C(=O)O)C(c2ccc(Cl)cc2)c2c(nc(N3CCOCC3)nc2N2CCOCC2)N1. The maximum atomic E-state index is 12.5. The second kappa shape index (κ2) is 9.65. The first-order chi connectivity index (χ1) is 16.6. The van der Waals surface area contributed by atoms with Crippen LogP contribution in [-0.4, -0.2) is 80.8 Å². The third kappa shape index (κ3) is 4.24. The molecule has 1 aromatic heterocycles. The quantitative estimate of drug-likeness (QED) is 0.651. The summed E-state index contributed by atoms with van der Waals surface area (Å²) < 4.78 is 16.6. The molecule has 3 aliphatic heterocycles. The maximum Gasteiger partial charge on any atom is 0.337 e. The van der Waals surface area contributed by atoms with Gasteiger partial charge in [0.15, 0.2) is 0 Å². The van der Waals surface area contributed by atoms with E-state index in [0.717, 1.165) is 5.56 Å². The number of benzene rings is 1. The van der Waals surface area contributed by atoms with Gasteiger partial charge in [0.05, 0.1) is 45.0 Å². The molecular weight excluding hydrogens is 462 g/mol. The average Bonchev–Trinajstić information content (AvgIpc) is 2.88. The van der Waals surface area contributed by atoms with Gasteiger partial charge >= 0.3 is 5.97 Å². The third-order valence-corrected chi connectivity index (χ3v) is 6.46. The number of hydrogen-bond donors (Lipinski definition) is 2. The van der Waals surface area contributed by atoms with Gasteiger partial charge in [-0.3, -0.25) is 0 Å². The number of fused-ring (bicyclic) bond motifs is 1. The van der Waals surface area contributed by atoms with Gasteiger partial charge in [0.1, 0.15) is 17.2 Å². The van der Waals surface area contributed by atoms with E-state index < -0.39 is 11.9 Å². The standard InChI is InChI=1S/C23H26ClN5O5/c1-32-21-18(22(30)31)16(14-2-4-15(24)5-3-14)17-19(25-21)26-23(29-8-12-34-13-9-29)27-20(17)28-6-10-33-11-7-28/h2-5,16H,6-13H2,1H3,(H,30,31)(H,25,26,27). The van der Waals surface area contributed by atoms with Crippen LogP contribution in [-0.2, 0) is 19.0 Å². The molecule has 1 atom stereocenters. The predicted molar refractivity (Wildman–Crippen MR) is 127 cm³/mol. The van der Waals surface area contributed by atoms with E-state index in [1.54, 1.807) is 12.1 Å². The molecule has 11 heteroatoms. The van der Waals surface area contributed by atoms with Crippen molar-refractivity contribution in [2.24, 2.45) is 0 Å². The summed E-state index contributed by atoms with van der Waals surface area (Å²) in [5.74, 6) is 0.202. The zero-order valence-electron chi connectivity index (χ0n) is 18.8. The molecule has 1 aromatic carbocycles. The van der Waals surface area contributed by atoms with Gasteiger partial charge in [0.25, 0.3) is 0 Å². The average molecular weight is 488 g/mol. The molecule has 0 saturated carbocycles. The third-order valence-electron chi connectivity index (χ3n) is 6.21. The smallest absolute Gasteiger partial charge is 0.337 e. The summed E-state index contributed by atoms with van der Waals surface area (Å²) in [5.41, 5.74) is 1.55. The zero-order chi connectivity index (χ0) is 23.7. The van der Waals surface area contributed by atoms with E-state index in [4.69, 9.17) is 35.8 Å². The first kappa shape index (κ1) is 22.7. The number of carboxylic acid groups (broad SMARTS) is 1. The zero-order valence-corrected chi connectivity index (χ0v) is 19.5. The molecule has 0 aliphatic carbocycles. The van der Waals surface area contributed by atoms with Crippen LogP contribution in [0.2, 0.25) is 5.02 Å². The summed E-state index contributed by atoms with van der Waals surface area (Å²) in [7, 11) is 1.45. The Morgan fingerprint density at radius 1 is 1.06 bits per heavy atom. The lowest BCUT2D eigenvalue weighted by Crippen LogP contribution is -2.41. The van der Waals surface area contributed by atoms with E-state index in [0.29, 0.717) is 80.8 Å². The number of morpholine rings is 2. The molecule has 0 spiro atoms. The van der Waals surface area contributed by atoms with Crippen molar-refractivity contribution in [2.75, 3.05) is 74.8 Å². The Kier molecular flexibility index (Phi) is 6.44. The Bertz CT molecular complexity index is 1100. The Labute approximate surface area is 202 Å². The van der Waals surface area contributed by atoms with Gasteiger partial charge in [0, 0.05) is 31.2 Å². The number of nitrogens with one attached hydrogen (secondary N) is 1. The molecule has 1 unspecified atom stereocenters. The van der Waals surface area contributed by atoms with Crippen LogP contribution < -0.4 is 15.1 Å². The van der Waals surface area contributed by atoms with E-state index >= 15 is 0 Å². The molecule has 4 heterocycles. The molecule has 10 nitrogen and oxygen atoms in total. The van der Waals surface area contributed by atoms with Gasteiger partial charge in [-0.25, -0.2) is 4.79 Å². The fourth-order valence-corrected chi connectivity index (χ4v) is 4.67. The molecule has 2 aromatic rings. The molecule has 0 radical (unpaired) electrons. The lowest BCUT2D eigenvalue weighted by Gasteiger charge is -2.36. The van der Waals surface area contributed by atoms with E-state index in [1.165, 1.54) is 7.11 Å². The highest BCUT2D eigenvalue weighted by atomic mass is 35.5. The van der Waals surface area contributed by atoms with Crippen molar-refractivity contribution in [3.63, 3.8) is 0 Å². The number of methoxy groups -OCH3 is 1. The van der Waals surface area contributed by atoms with Crippen molar-refractivity contribution in [1.29, 1.82) is 0 Å². The number of aliphatic carboxylic acids is 1. The Balaban J connectivity index is 1.72. The largest absolute Gasteiger partial charge is 0.482 e. The lowest BCUT2D eigenvalue weighted by molar-refractivity contribution is -0.133. The van der Waals surface area contributed by atoms with Crippen molar-refractivity contribution in [3.05, 3.63) is 51.9 Å². The number of anilines is 3. The fraction of sp³-hybridized carbons (Fsp3) is 0.435. The topological polar surface area (TPSA) is 109 Å². The van der Waals surface area contributed by atoms with E-state index in [1.807, 2.05) is 12.1 Å². The molecule has 34 heavy (non-hydrogen) atoms. The lowest BCUT2D eigenvalue weighted by atomic mass is 9.83. The minimum Gasteiger partial charge on any atom is -0.482 e. The molecule has 2 saturated heterocycles. The van der Waals surface area contributed by atoms with Gasteiger partial charge in [-0.05, 0) is 17.7 Å². The molecule has 0 amide bonds. The first-order valence-corrected chi connectivity index (χ1v) is 11.6. The van der Waals surface area contributed by atoms with Crippen LogP contribution in [0.15, 0.2) is 35.7 Å². The number of carboxylic acids is 1. The number of ether oxygens (including phenoxy) is 3. The predicted octanol–water partition coefficient (Wildman–Crippen LogP) is 2.30. The van der Waals surface area contributed by atoms with Crippen molar-refractivity contribution >= 4 is 35.2 Å². The number of hydrogen-bond acceptors (Lipinski definition) is 9. The molecule has 0 bridgehead atoms. The Morgan fingerprint density at radius 3 is 2.26 bits per heavy atom. The number of carbonyl (C=O) groups is 1. The highest BCUT2D eigenvalue weighted by molar-refractivity contribution is 6.30. The number of halogens is 1. The minimum atomic E-state index is -1.08. The van der Waals surface area contributed by atoms with Crippen molar-refractivity contribution in [1.82, 2.24) is 9.97 Å². The van der Waals surface area contributed by atoms with E-state index in [9.17, 15) is 9.90 Å². The highest BCUT2D eigenvalue weighted by Crippen LogP contribution is 2.46. The molecule has 2 N–H and O–H groups in total. The van der Waals surface area contributed by atoms with Crippen molar-refractivity contribution in [2.45, 2.75) is 5.92 Å². The van der Waals surface area contributed by atoms with Crippen LogP contribution in [0.4, 0.5) is 17.6 Å². The summed E-state index contributed by atoms with van der Waals surface area (Å²) in [6, 6.07) is 7.17. The normalized spacial score (nSPS) is 20.6. The van der Waals surface area contributed by atoms with Crippen LogP contribution in [0.25, 0.3) is 0 Å². The van der Waals surface area contributed by atoms with Crippen LogP contribution in [0, 0.1) is 0 Å². The van der Waals surface area contributed by atoms with Gasteiger partial charge in [-0.15, -0.1) is 0 Å². The van der Waals surface area contributed by atoms with Crippen LogP contribution >= 0.6 is 11.6 Å². The summed E-state index contributed by atoms with van der Waals surface area (Å²) in [4.78, 5) is 26.5. The second-order valence-electron chi connectivity index (χ2n) is 8.17. The molecule has 180 valence electrons. The monoisotopic (exact) mass is 487 g/mol. The van der Waals surface area contributed by atoms with Crippen molar-refractivity contribution in [3.8, 4) is 0 Å². The van der Waals surface area contributed by atoms with Crippen LogP contribution in [0.1, 0.15) is 17.0 Å². The molecule has 5 rings (SSSR count). The summed E-state index contributed by atoms with van der Waals surface area (Å²) in [6.07, 6.45) is 0. The summed E-state index contributed by atoms with van der Waals surface area (Å²) in [5, 5.41) is 13.9. The Hall–Kier alpha value is -3.08. The van der Waals surface area contributed by atoms with Gasteiger partial charge in [-0.1, -0.05) is 23.7 Å². The van der Waals surface area contributed by atoms with Gasteiger partial charge < -0.3 is 34.4 Å². The molecule has 2 fully saturated rings. The first-order valence-electron chi connectivity index (χ1n) is 11.2. The van der Waals surface area contributed by atoms with E-state index in [2.05, 4.69) is 15.1 Å². The molecule has 3 aliphatic rings. The summed E-state index contributed by atoms with van der Waals surface area (Å²) in [6.45, 7) is 4.96. The van der Waals surface area contributed by atoms with Crippen LogP contribution in [0.3, 0.4) is 0 Å². The maximum absolute atomic E-state index is 12.5. The Morgan fingerprint density at radius 2 is 1.68 bits per heavy atom. The second-order valence-corrected chi connectivity index (χ2v) is 8.61. The highest BCUT2D eigenvalue weighted by Gasteiger charge is 2.40. The number of nitrogens with zero attached hydrogens (tertiary/aromatic N) is 4. The number of rotatable bonds is 5. The summed E-state index contributed by atoms with van der Waals surface area (Å²) >= 11 is 6.14. The molecular formula is C23H26ClN5O5. The van der Waals surface area contributed by atoms with Crippen molar-refractivity contribution < 1.29 is 24.1 Å².